The summed E-state index contributed by atoms with van der Waals surface area (Å²) in [4.78, 5) is 23.7. The molecule has 0 heterocycles. The lowest BCUT2D eigenvalue weighted by Crippen LogP contribution is -2.25. The fraction of sp³-hybridized carbons (Fsp3) is 0.692. The van der Waals surface area contributed by atoms with Gasteiger partial charge in [0, 0.05) is 22.7 Å². The molecule has 0 amide bonds. The van der Waals surface area contributed by atoms with Crippen LogP contribution in [0.5, 0.6) is 5.75 Å². The maximum atomic E-state index is 11.9. The highest BCUT2D eigenvalue weighted by Gasteiger charge is 2.31. The molecule has 0 bridgehead atoms. The van der Waals surface area contributed by atoms with Gasteiger partial charge in [-0.15, -0.1) is 0 Å². The van der Waals surface area contributed by atoms with Crippen molar-refractivity contribution in [2.45, 2.75) is 110 Å². The summed E-state index contributed by atoms with van der Waals surface area (Å²) in [6.07, 6.45) is 20.1. The third-order valence-electron chi connectivity index (χ3n) is 10.3. The highest BCUT2D eigenvalue weighted by atomic mass is 32.3. The van der Waals surface area contributed by atoms with Crippen molar-refractivity contribution in [1.29, 1.82) is 0 Å². The molecule has 6 heteroatoms. The molecule has 0 unspecified atom stereocenters. The summed E-state index contributed by atoms with van der Waals surface area (Å²) < 4.78 is 16.9. The first-order chi connectivity index (χ1) is 21.6. The van der Waals surface area contributed by atoms with Gasteiger partial charge in [0.05, 0.1) is 19.8 Å². The Balaban J connectivity index is 1.39. The second-order valence-corrected chi connectivity index (χ2v) is 18.3. The maximum Gasteiger partial charge on any atom is 0.333 e. The molecule has 3 rings (SSSR count). The number of rotatable bonds is 19. The molecule has 1 aromatic rings. The van der Waals surface area contributed by atoms with Gasteiger partial charge in [-0.3, -0.25) is 0 Å². The van der Waals surface area contributed by atoms with Crippen LogP contribution in [0.2, 0.25) is 0 Å². The Hall–Kier alpha value is -2.21. The van der Waals surface area contributed by atoms with Gasteiger partial charge in [0.15, 0.2) is 0 Å². The van der Waals surface area contributed by atoms with Crippen LogP contribution in [0.3, 0.4) is 0 Å². The topological polar surface area (TPSA) is 61.8 Å². The normalized spacial score (nSPS) is 22.3. The highest BCUT2D eigenvalue weighted by Crippen LogP contribution is 2.45. The molecular formula is C39H62O5S. The van der Waals surface area contributed by atoms with E-state index in [4.69, 9.17) is 14.2 Å². The maximum absolute atomic E-state index is 11.9. The Morgan fingerprint density at radius 2 is 1.27 bits per heavy atom. The van der Waals surface area contributed by atoms with Crippen molar-refractivity contribution in [1.82, 2.24) is 0 Å². The number of benzene rings is 1. The summed E-state index contributed by atoms with van der Waals surface area (Å²) in [6, 6.07) is 8.84. The molecule has 0 aromatic heterocycles. The molecule has 0 spiro atoms. The van der Waals surface area contributed by atoms with E-state index in [1.807, 2.05) is 0 Å². The van der Waals surface area contributed by atoms with Crippen molar-refractivity contribution in [3.8, 4) is 5.75 Å². The first-order valence-corrected chi connectivity index (χ1v) is 20.2. The van der Waals surface area contributed by atoms with Crippen molar-refractivity contribution in [3.05, 3.63) is 54.1 Å². The van der Waals surface area contributed by atoms with Crippen LogP contribution in [-0.4, -0.2) is 55.3 Å². The summed E-state index contributed by atoms with van der Waals surface area (Å²) in [6.45, 7) is 14.3. The summed E-state index contributed by atoms with van der Waals surface area (Å²) in [5.74, 6) is 6.28. The molecule has 2 fully saturated rings. The van der Waals surface area contributed by atoms with E-state index in [1.165, 1.54) is 82.6 Å². The minimum absolute atomic E-state index is 0.344. The average molecular weight is 643 g/mol. The van der Waals surface area contributed by atoms with Crippen LogP contribution in [0, 0.1) is 17.8 Å². The van der Waals surface area contributed by atoms with Crippen LogP contribution in [0.1, 0.15) is 116 Å². The van der Waals surface area contributed by atoms with Gasteiger partial charge in [-0.25, -0.2) is 19.6 Å². The molecular weight excluding hydrogens is 580 g/mol. The second kappa shape index (κ2) is 19.5. The zero-order valence-corrected chi connectivity index (χ0v) is 29.7. The van der Waals surface area contributed by atoms with Gasteiger partial charge < -0.3 is 14.2 Å². The number of unbranched alkanes of at least 4 members (excludes halogenated alkanes) is 2. The predicted octanol–water partition coefficient (Wildman–Crippen LogP) is 9.79. The number of carbonyl (C=O) groups excluding carboxylic acids is 2. The van der Waals surface area contributed by atoms with E-state index < -0.39 is 10.0 Å². The molecule has 2 aliphatic carbocycles. The lowest BCUT2D eigenvalue weighted by atomic mass is 9.68. The molecule has 2 saturated carbocycles. The molecule has 0 radical (unpaired) electrons. The SMILES string of the molecule is C=C(C)C(=O)OCCS(C)(CCCOc1ccc(C2CCC(C3CCC(CCCCC)CC3)CC2)cc1)CCOC(=O)C(=C)C. The summed E-state index contributed by atoms with van der Waals surface area (Å²) in [7, 11) is -1.17. The van der Waals surface area contributed by atoms with Gasteiger partial charge in [-0.05, 0) is 112 Å². The van der Waals surface area contributed by atoms with Gasteiger partial charge in [0.1, 0.15) is 5.75 Å². The van der Waals surface area contributed by atoms with Gasteiger partial charge in [-0.1, -0.05) is 70.7 Å². The summed E-state index contributed by atoms with van der Waals surface area (Å²) >= 11 is 0. The fourth-order valence-corrected chi connectivity index (χ4v) is 9.61. The molecule has 1 aromatic carbocycles. The Kier molecular flexibility index (Phi) is 16.1. The Morgan fingerprint density at radius 1 is 0.733 bits per heavy atom. The first-order valence-electron chi connectivity index (χ1n) is 17.7. The molecule has 45 heavy (non-hydrogen) atoms. The largest absolute Gasteiger partial charge is 0.494 e. The Morgan fingerprint density at radius 3 is 1.78 bits per heavy atom. The highest BCUT2D eigenvalue weighted by molar-refractivity contribution is 8.33. The summed E-state index contributed by atoms with van der Waals surface area (Å²) in [5, 5.41) is 0. The van der Waals surface area contributed by atoms with Gasteiger partial charge >= 0.3 is 11.9 Å². The molecule has 2 aliphatic rings. The van der Waals surface area contributed by atoms with E-state index in [0.717, 1.165) is 47.2 Å². The Bertz CT molecular complexity index is 1030. The Labute approximate surface area is 276 Å². The van der Waals surface area contributed by atoms with Crippen LogP contribution >= 0.6 is 10.0 Å². The molecule has 0 N–H and O–H groups in total. The van der Waals surface area contributed by atoms with E-state index in [1.54, 1.807) is 13.8 Å². The van der Waals surface area contributed by atoms with Crippen LogP contribution in [0.25, 0.3) is 0 Å². The average Bonchev–Trinajstić information content (AvgIpc) is 3.04. The van der Waals surface area contributed by atoms with E-state index in [-0.39, 0.29) is 11.9 Å². The smallest absolute Gasteiger partial charge is 0.333 e. The number of hydrogen-bond donors (Lipinski definition) is 0. The minimum Gasteiger partial charge on any atom is -0.494 e. The quantitative estimate of drug-likeness (QED) is 0.0854. The lowest BCUT2D eigenvalue weighted by molar-refractivity contribution is -0.139. The van der Waals surface area contributed by atoms with E-state index >= 15 is 0 Å². The number of hydrogen-bond acceptors (Lipinski definition) is 5. The van der Waals surface area contributed by atoms with Crippen molar-refractivity contribution < 1.29 is 23.8 Å². The molecule has 0 saturated heterocycles. The second-order valence-electron chi connectivity index (χ2n) is 14.1. The number of ether oxygens (including phenoxy) is 3. The van der Waals surface area contributed by atoms with Crippen molar-refractivity contribution in [2.75, 3.05) is 43.3 Å². The van der Waals surface area contributed by atoms with E-state index in [0.29, 0.717) is 36.9 Å². The van der Waals surface area contributed by atoms with Crippen LogP contribution in [0.4, 0.5) is 0 Å². The first kappa shape index (κ1) is 37.2. The fourth-order valence-electron chi connectivity index (χ4n) is 7.21. The number of esters is 2. The van der Waals surface area contributed by atoms with Crippen molar-refractivity contribution in [3.63, 3.8) is 0 Å². The monoisotopic (exact) mass is 642 g/mol. The number of carbonyl (C=O) groups is 2. The molecule has 0 atom stereocenters. The molecule has 254 valence electrons. The zero-order chi connectivity index (χ0) is 32.7. The third-order valence-corrected chi connectivity index (χ3v) is 13.8. The standard InChI is InChI=1S/C39H62O5S/c1-7-8-9-11-32-12-14-33(15-13-32)34-16-18-35(19-17-34)36-20-22-37(23-21-36)42-24-10-27-45(6,28-25-43-38(40)30(2)3)29-26-44-39(41)31(4)5/h20-23,32-35H,2,4,7-19,24-29H2,1,3,5-6H3. The van der Waals surface area contributed by atoms with E-state index in [9.17, 15) is 9.59 Å². The van der Waals surface area contributed by atoms with Crippen LogP contribution in [0.15, 0.2) is 48.6 Å². The van der Waals surface area contributed by atoms with Gasteiger partial charge in [0.2, 0.25) is 0 Å². The molecule has 0 aliphatic heterocycles. The van der Waals surface area contributed by atoms with E-state index in [2.05, 4.69) is 50.6 Å². The summed E-state index contributed by atoms with van der Waals surface area (Å²) in [5.41, 5.74) is 2.27. The van der Waals surface area contributed by atoms with Crippen molar-refractivity contribution >= 4 is 22.0 Å². The predicted molar refractivity (Wildman–Crippen MR) is 191 cm³/mol. The van der Waals surface area contributed by atoms with Crippen molar-refractivity contribution in [2.24, 2.45) is 17.8 Å². The lowest BCUT2D eigenvalue weighted by Gasteiger charge is -2.38. The van der Waals surface area contributed by atoms with Crippen LogP contribution < -0.4 is 4.74 Å². The zero-order valence-electron chi connectivity index (χ0n) is 28.9. The van der Waals surface area contributed by atoms with Gasteiger partial charge in [-0.2, -0.15) is 0 Å². The van der Waals surface area contributed by atoms with Crippen LogP contribution in [-0.2, 0) is 19.1 Å². The minimum atomic E-state index is -1.17. The van der Waals surface area contributed by atoms with Gasteiger partial charge in [0.25, 0.3) is 0 Å². The molecule has 5 nitrogen and oxygen atoms in total. The third kappa shape index (κ3) is 13.2.